The quantitative estimate of drug-likeness (QED) is 0.492. The van der Waals surface area contributed by atoms with Gasteiger partial charge in [-0.25, -0.2) is 5.01 Å². The molecule has 0 aromatic heterocycles. The van der Waals surface area contributed by atoms with E-state index >= 15 is 0 Å². The zero-order chi connectivity index (χ0) is 6.69. The molecule has 48 valence electrons. The zero-order valence-electron chi connectivity index (χ0n) is 4.95. The third kappa shape index (κ3) is 1.13. The largest absolute Gasteiger partial charge is 0.271 e. The highest BCUT2D eigenvalue weighted by Crippen LogP contribution is 2.00. The van der Waals surface area contributed by atoms with E-state index in [1.165, 1.54) is 5.01 Å². The Kier molecular flexibility index (Phi) is 1.58. The van der Waals surface area contributed by atoms with Crippen LogP contribution in [0.2, 0.25) is 0 Å². The molecule has 0 aromatic rings. The van der Waals surface area contributed by atoms with Crippen molar-refractivity contribution in [2.24, 2.45) is 10.3 Å². The maximum absolute atomic E-state index is 10.7. The summed E-state index contributed by atoms with van der Waals surface area (Å²) in [5.41, 5.74) is 0. The smallest absolute Gasteiger partial charge is 0.267 e. The van der Waals surface area contributed by atoms with E-state index in [4.69, 9.17) is 0 Å². The van der Waals surface area contributed by atoms with E-state index in [1.807, 2.05) is 0 Å². The van der Waals surface area contributed by atoms with Crippen molar-refractivity contribution in [3.05, 3.63) is 12.7 Å². The van der Waals surface area contributed by atoms with Crippen LogP contribution in [-0.2, 0) is 4.79 Å². The van der Waals surface area contributed by atoms with Gasteiger partial charge in [-0.3, -0.25) is 4.79 Å². The van der Waals surface area contributed by atoms with E-state index in [-0.39, 0.29) is 12.5 Å². The molecule has 0 fully saturated rings. The third-order valence-electron chi connectivity index (χ3n) is 0.967. The number of nitrogens with zero attached hydrogens (tertiary/aromatic N) is 3. The molecule has 1 heterocycles. The summed E-state index contributed by atoms with van der Waals surface area (Å²) >= 11 is 0. The zero-order valence-corrected chi connectivity index (χ0v) is 4.95. The third-order valence-corrected chi connectivity index (χ3v) is 0.967. The topological polar surface area (TPSA) is 45.0 Å². The average Bonchev–Trinajstić information content (AvgIpc) is 2.18. The number of hydrogen-bond donors (Lipinski definition) is 0. The summed E-state index contributed by atoms with van der Waals surface area (Å²) in [6, 6.07) is 0. The van der Waals surface area contributed by atoms with Gasteiger partial charge in [-0.2, -0.15) is 5.11 Å². The Morgan fingerprint density at radius 3 is 3.11 bits per heavy atom. The molecule has 1 aliphatic rings. The SMILES string of the molecule is C=CCN1N=NCC1=O. The molecule has 1 aliphatic heterocycles. The molecule has 0 unspecified atom stereocenters. The van der Waals surface area contributed by atoms with Gasteiger partial charge in [-0.15, -0.1) is 6.58 Å². The van der Waals surface area contributed by atoms with Gasteiger partial charge in [-0.05, 0) is 0 Å². The van der Waals surface area contributed by atoms with Crippen LogP contribution >= 0.6 is 0 Å². The number of carbonyl (C=O) groups excluding carboxylic acids is 1. The van der Waals surface area contributed by atoms with Crippen LogP contribution in [0.5, 0.6) is 0 Å². The first-order valence-corrected chi connectivity index (χ1v) is 2.63. The van der Waals surface area contributed by atoms with Crippen molar-refractivity contribution in [3.8, 4) is 0 Å². The number of hydrogen-bond acceptors (Lipinski definition) is 3. The standard InChI is InChI=1S/C5H7N3O/c1-2-3-8-5(9)4-6-7-8/h2H,1,3-4H2. The first-order chi connectivity index (χ1) is 4.34. The Morgan fingerprint density at radius 2 is 2.67 bits per heavy atom. The van der Waals surface area contributed by atoms with Crippen molar-refractivity contribution in [1.82, 2.24) is 5.01 Å². The normalized spacial score (nSPS) is 16.9. The maximum atomic E-state index is 10.7. The van der Waals surface area contributed by atoms with Gasteiger partial charge in [-0.1, -0.05) is 11.3 Å². The van der Waals surface area contributed by atoms with Gasteiger partial charge in [0.1, 0.15) is 6.54 Å². The minimum absolute atomic E-state index is 0.0603. The van der Waals surface area contributed by atoms with Crippen LogP contribution in [0.25, 0.3) is 0 Å². The van der Waals surface area contributed by atoms with E-state index in [0.29, 0.717) is 6.54 Å². The van der Waals surface area contributed by atoms with E-state index in [2.05, 4.69) is 16.9 Å². The van der Waals surface area contributed by atoms with E-state index in [0.717, 1.165) is 0 Å². The lowest BCUT2D eigenvalue weighted by Crippen LogP contribution is -2.22. The first kappa shape index (κ1) is 5.94. The maximum Gasteiger partial charge on any atom is 0.267 e. The summed E-state index contributed by atoms with van der Waals surface area (Å²) in [6.07, 6.45) is 1.61. The van der Waals surface area contributed by atoms with Gasteiger partial charge in [0.15, 0.2) is 0 Å². The van der Waals surface area contributed by atoms with Crippen LogP contribution in [0, 0.1) is 0 Å². The molecule has 0 N–H and O–H groups in total. The molecule has 0 saturated heterocycles. The number of carbonyl (C=O) groups is 1. The molecule has 0 saturated carbocycles. The van der Waals surface area contributed by atoms with Gasteiger partial charge >= 0.3 is 0 Å². The second-order valence-corrected chi connectivity index (χ2v) is 1.65. The number of rotatable bonds is 2. The molecule has 0 aromatic carbocycles. The van der Waals surface area contributed by atoms with Crippen LogP contribution in [0.1, 0.15) is 0 Å². The Bertz CT molecular complexity index is 164. The molecule has 1 rings (SSSR count). The molecule has 0 spiro atoms. The molecule has 0 bridgehead atoms. The summed E-state index contributed by atoms with van der Waals surface area (Å²) in [5, 5.41) is 8.35. The first-order valence-electron chi connectivity index (χ1n) is 2.63. The highest BCUT2D eigenvalue weighted by atomic mass is 16.2. The molecule has 0 atom stereocenters. The van der Waals surface area contributed by atoms with Crippen molar-refractivity contribution in [2.75, 3.05) is 13.1 Å². The van der Waals surface area contributed by atoms with Crippen molar-refractivity contribution in [1.29, 1.82) is 0 Å². The minimum Gasteiger partial charge on any atom is -0.271 e. The Hall–Kier alpha value is -1.19. The molecule has 1 amide bonds. The van der Waals surface area contributed by atoms with Crippen LogP contribution in [0.15, 0.2) is 23.0 Å². The lowest BCUT2D eigenvalue weighted by molar-refractivity contribution is -0.127. The second-order valence-electron chi connectivity index (χ2n) is 1.65. The van der Waals surface area contributed by atoms with Crippen LogP contribution < -0.4 is 0 Å². The van der Waals surface area contributed by atoms with Crippen molar-refractivity contribution < 1.29 is 4.79 Å². The van der Waals surface area contributed by atoms with Crippen molar-refractivity contribution in [3.63, 3.8) is 0 Å². The molecular weight excluding hydrogens is 118 g/mol. The fourth-order valence-corrected chi connectivity index (χ4v) is 0.561. The van der Waals surface area contributed by atoms with Crippen LogP contribution in [-0.4, -0.2) is 24.0 Å². The Morgan fingerprint density at radius 1 is 1.89 bits per heavy atom. The molecule has 4 heteroatoms. The van der Waals surface area contributed by atoms with Crippen LogP contribution in [0.4, 0.5) is 0 Å². The summed E-state index contributed by atoms with van der Waals surface area (Å²) in [6.45, 7) is 4.11. The minimum atomic E-state index is -0.0603. The Labute approximate surface area is 52.8 Å². The van der Waals surface area contributed by atoms with Crippen LogP contribution in [0.3, 0.4) is 0 Å². The molecule has 0 radical (unpaired) electrons. The van der Waals surface area contributed by atoms with Gasteiger partial charge in [0.25, 0.3) is 5.91 Å². The summed E-state index contributed by atoms with van der Waals surface area (Å²) in [7, 11) is 0. The highest BCUT2D eigenvalue weighted by molar-refractivity contribution is 5.79. The Balaban J connectivity index is 2.48. The van der Waals surface area contributed by atoms with E-state index in [9.17, 15) is 4.79 Å². The predicted molar refractivity (Wildman–Crippen MR) is 31.6 cm³/mol. The van der Waals surface area contributed by atoms with Gasteiger partial charge < -0.3 is 0 Å². The predicted octanol–water partition coefficient (Wildman–Crippen LogP) is 0.382. The fourth-order valence-electron chi connectivity index (χ4n) is 0.561. The highest BCUT2D eigenvalue weighted by Gasteiger charge is 2.15. The van der Waals surface area contributed by atoms with E-state index < -0.39 is 0 Å². The lowest BCUT2D eigenvalue weighted by Gasteiger charge is -2.03. The second kappa shape index (κ2) is 2.39. The summed E-state index contributed by atoms with van der Waals surface area (Å²) < 4.78 is 0. The van der Waals surface area contributed by atoms with Gasteiger partial charge in [0, 0.05) is 0 Å². The van der Waals surface area contributed by atoms with Gasteiger partial charge in [0.05, 0.1) is 6.54 Å². The van der Waals surface area contributed by atoms with Gasteiger partial charge in [0.2, 0.25) is 0 Å². The molecule has 0 aliphatic carbocycles. The molecule has 4 nitrogen and oxygen atoms in total. The fraction of sp³-hybridized carbons (Fsp3) is 0.400. The molecule has 9 heavy (non-hydrogen) atoms. The lowest BCUT2D eigenvalue weighted by atomic mass is 10.5. The van der Waals surface area contributed by atoms with E-state index in [1.54, 1.807) is 6.08 Å². The van der Waals surface area contributed by atoms with Crippen molar-refractivity contribution in [2.45, 2.75) is 0 Å². The number of amides is 1. The monoisotopic (exact) mass is 125 g/mol. The summed E-state index contributed by atoms with van der Waals surface area (Å²) in [4.78, 5) is 10.7. The summed E-state index contributed by atoms with van der Waals surface area (Å²) in [5.74, 6) is -0.0603. The molecular formula is C5H7N3O. The average molecular weight is 125 g/mol. The van der Waals surface area contributed by atoms with Crippen molar-refractivity contribution >= 4 is 5.91 Å².